The molecule has 0 bridgehead atoms. The van der Waals surface area contributed by atoms with Gasteiger partial charge in [-0.25, -0.2) is 4.79 Å². The summed E-state index contributed by atoms with van der Waals surface area (Å²) in [6.07, 6.45) is -1.97. The molecule has 0 fully saturated rings. The molecule has 0 aliphatic heterocycles. The molecule has 1 atom stereocenters. The number of rotatable bonds is 7. The molecule has 0 aliphatic rings. The summed E-state index contributed by atoms with van der Waals surface area (Å²) >= 11 is 0. The molecule has 94 valence electrons. The van der Waals surface area contributed by atoms with E-state index in [-0.39, 0.29) is 25.7 Å². The van der Waals surface area contributed by atoms with Gasteiger partial charge in [0.15, 0.2) is 6.10 Å². The van der Waals surface area contributed by atoms with Crippen LogP contribution in [0.2, 0.25) is 0 Å². The second kappa shape index (κ2) is 8.06. The van der Waals surface area contributed by atoms with Crippen molar-refractivity contribution in [1.29, 1.82) is 0 Å². The summed E-state index contributed by atoms with van der Waals surface area (Å²) < 4.78 is 9.21. The Labute approximate surface area is 94.2 Å². The quantitative estimate of drug-likeness (QED) is 0.575. The Hall–Kier alpha value is -1.14. The van der Waals surface area contributed by atoms with Gasteiger partial charge in [-0.15, -0.1) is 0 Å². The van der Waals surface area contributed by atoms with E-state index >= 15 is 0 Å². The van der Waals surface area contributed by atoms with Crippen LogP contribution < -0.4 is 0 Å². The van der Waals surface area contributed by atoms with Gasteiger partial charge in [-0.05, 0) is 5.92 Å². The predicted molar refractivity (Wildman–Crippen MR) is 54.5 cm³/mol. The third-order valence-corrected chi connectivity index (χ3v) is 1.55. The summed E-state index contributed by atoms with van der Waals surface area (Å²) in [5, 5.41) is 17.6. The van der Waals surface area contributed by atoms with E-state index in [0.717, 1.165) is 0 Å². The molecule has 0 rings (SSSR count). The first-order valence-electron chi connectivity index (χ1n) is 5.08. The number of hydrogen-bond acceptors (Lipinski definition) is 6. The highest BCUT2D eigenvalue weighted by molar-refractivity contribution is 5.81. The average molecular weight is 234 g/mol. The van der Waals surface area contributed by atoms with Crippen molar-refractivity contribution in [2.45, 2.75) is 26.4 Å². The molecule has 0 heterocycles. The molecule has 0 aliphatic carbocycles. The number of ether oxygens (including phenoxy) is 2. The fraction of sp³-hybridized carbons (Fsp3) is 0.800. The first-order chi connectivity index (χ1) is 7.47. The number of aliphatic hydroxyl groups is 2. The van der Waals surface area contributed by atoms with Crippen molar-refractivity contribution in [1.82, 2.24) is 0 Å². The Morgan fingerprint density at radius 1 is 1.25 bits per heavy atom. The number of esters is 2. The predicted octanol–water partition coefficient (Wildman–Crippen LogP) is -0.528. The van der Waals surface area contributed by atoms with E-state index in [1.54, 1.807) is 0 Å². The second-order valence-electron chi connectivity index (χ2n) is 3.69. The molecule has 6 nitrogen and oxygen atoms in total. The number of carbonyl (C=O) groups excluding carboxylic acids is 2. The largest absolute Gasteiger partial charge is 0.463 e. The van der Waals surface area contributed by atoms with Gasteiger partial charge in [0.25, 0.3) is 0 Å². The fourth-order valence-corrected chi connectivity index (χ4v) is 0.805. The molecule has 0 aromatic carbocycles. The molecule has 0 spiro atoms. The zero-order valence-corrected chi connectivity index (χ0v) is 9.51. The van der Waals surface area contributed by atoms with Crippen LogP contribution in [-0.4, -0.2) is 48.1 Å². The monoisotopic (exact) mass is 234 g/mol. The zero-order chi connectivity index (χ0) is 12.6. The molecular formula is C10H18O6. The van der Waals surface area contributed by atoms with Gasteiger partial charge in [0.05, 0.1) is 19.6 Å². The Morgan fingerprint density at radius 2 is 1.88 bits per heavy atom. The first kappa shape index (κ1) is 14.9. The molecule has 16 heavy (non-hydrogen) atoms. The van der Waals surface area contributed by atoms with E-state index in [4.69, 9.17) is 9.84 Å². The Balaban J connectivity index is 3.81. The number of hydrogen-bond donors (Lipinski definition) is 2. The summed E-state index contributed by atoms with van der Waals surface area (Å²) in [4.78, 5) is 22.1. The molecule has 0 aromatic rings. The van der Waals surface area contributed by atoms with Crippen LogP contribution in [-0.2, 0) is 19.1 Å². The van der Waals surface area contributed by atoms with Crippen molar-refractivity contribution in [2.75, 3.05) is 19.8 Å². The molecule has 0 saturated heterocycles. The minimum Gasteiger partial charge on any atom is -0.463 e. The Bertz CT molecular complexity index is 225. The van der Waals surface area contributed by atoms with Gasteiger partial charge in [0.2, 0.25) is 0 Å². The normalized spacial score (nSPS) is 12.3. The van der Waals surface area contributed by atoms with Gasteiger partial charge in [-0.1, -0.05) is 13.8 Å². The van der Waals surface area contributed by atoms with E-state index in [1.165, 1.54) is 0 Å². The van der Waals surface area contributed by atoms with Crippen LogP contribution >= 0.6 is 0 Å². The third kappa shape index (κ3) is 7.19. The van der Waals surface area contributed by atoms with Gasteiger partial charge in [-0.3, -0.25) is 4.79 Å². The van der Waals surface area contributed by atoms with Gasteiger partial charge >= 0.3 is 11.9 Å². The van der Waals surface area contributed by atoms with Crippen LogP contribution in [0.3, 0.4) is 0 Å². The molecule has 0 amide bonds. The van der Waals surface area contributed by atoms with Crippen LogP contribution in [0.1, 0.15) is 20.3 Å². The van der Waals surface area contributed by atoms with Crippen molar-refractivity contribution in [3.63, 3.8) is 0 Å². The first-order valence-corrected chi connectivity index (χ1v) is 5.08. The highest BCUT2D eigenvalue weighted by atomic mass is 16.6. The van der Waals surface area contributed by atoms with Crippen molar-refractivity contribution >= 4 is 11.9 Å². The summed E-state index contributed by atoms with van der Waals surface area (Å²) in [6, 6.07) is 0. The van der Waals surface area contributed by atoms with E-state index in [1.807, 2.05) is 13.8 Å². The lowest BCUT2D eigenvalue weighted by Crippen LogP contribution is -2.28. The second-order valence-corrected chi connectivity index (χ2v) is 3.69. The van der Waals surface area contributed by atoms with Gasteiger partial charge < -0.3 is 19.7 Å². The summed E-state index contributed by atoms with van der Waals surface area (Å²) in [7, 11) is 0. The SMILES string of the molecule is CC(C)COC(=O)C(O)CC(=O)OCCO. The Morgan fingerprint density at radius 3 is 2.38 bits per heavy atom. The van der Waals surface area contributed by atoms with Gasteiger partial charge in [-0.2, -0.15) is 0 Å². The summed E-state index contributed by atoms with van der Waals surface area (Å²) in [6.45, 7) is 3.47. The van der Waals surface area contributed by atoms with Crippen molar-refractivity contribution < 1.29 is 29.3 Å². The molecule has 0 aromatic heterocycles. The van der Waals surface area contributed by atoms with Crippen molar-refractivity contribution in [2.24, 2.45) is 5.92 Å². The smallest absolute Gasteiger partial charge is 0.335 e. The van der Waals surface area contributed by atoms with Crippen molar-refractivity contribution in [3.8, 4) is 0 Å². The molecule has 2 N–H and O–H groups in total. The van der Waals surface area contributed by atoms with Crippen LogP contribution in [0.4, 0.5) is 0 Å². The highest BCUT2D eigenvalue weighted by Gasteiger charge is 2.21. The van der Waals surface area contributed by atoms with Gasteiger partial charge in [0, 0.05) is 0 Å². The maximum Gasteiger partial charge on any atom is 0.335 e. The van der Waals surface area contributed by atoms with E-state index in [2.05, 4.69) is 4.74 Å². The minimum atomic E-state index is -1.51. The van der Waals surface area contributed by atoms with Crippen LogP contribution in [0, 0.1) is 5.92 Å². The van der Waals surface area contributed by atoms with Gasteiger partial charge in [0.1, 0.15) is 6.61 Å². The summed E-state index contributed by atoms with van der Waals surface area (Å²) in [5.41, 5.74) is 0. The average Bonchev–Trinajstić information content (AvgIpc) is 2.22. The van der Waals surface area contributed by atoms with Crippen LogP contribution in [0.5, 0.6) is 0 Å². The zero-order valence-electron chi connectivity index (χ0n) is 9.51. The highest BCUT2D eigenvalue weighted by Crippen LogP contribution is 2.00. The topological polar surface area (TPSA) is 93.1 Å². The van der Waals surface area contributed by atoms with Crippen molar-refractivity contribution in [3.05, 3.63) is 0 Å². The standard InChI is InChI=1S/C10H18O6/c1-7(2)6-16-10(14)8(12)5-9(13)15-4-3-11/h7-8,11-12H,3-6H2,1-2H3. The van der Waals surface area contributed by atoms with E-state index in [0.29, 0.717) is 0 Å². The number of aliphatic hydroxyl groups excluding tert-OH is 2. The van der Waals surface area contributed by atoms with E-state index in [9.17, 15) is 14.7 Å². The van der Waals surface area contributed by atoms with Crippen LogP contribution in [0.25, 0.3) is 0 Å². The minimum absolute atomic E-state index is 0.146. The Kier molecular flexibility index (Phi) is 7.49. The third-order valence-electron chi connectivity index (χ3n) is 1.55. The number of carbonyl (C=O) groups is 2. The molecule has 0 saturated carbocycles. The molecule has 6 heteroatoms. The molecule has 1 unspecified atom stereocenters. The summed E-state index contributed by atoms with van der Waals surface area (Å²) in [5.74, 6) is -1.42. The molecule has 0 radical (unpaired) electrons. The molecular weight excluding hydrogens is 216 g/mol. The maximum absolute atomic E-state index is 11.1. The lowest BCUT2D eigenvalue weighted by molar-refractivity contribution is -0.161. The lowest BCUT2D eigenvalue weighted by Gasteiger charge is -2.11. The fourth-order valence-electron chi connectivity index (χ4n) is 0.805. The van der Waals surface area contributed by atoms with Crippen LogP contribution in [0.15, 0.2) is 0 Å². The maximum atomic E-state index is 11.1. The van der Waals surface area contributed by atoms with E-state index < -0.39 is 24.5 Å². The lowest BCUT2D eigenvalue weighted by atomic mass is 10.2.